The summed E-state index contributed by atoms with van der Waals surface area (Å²) in [6, 6.07) is 6.94. The van der Waals surface area contributed by atoms with Gasteiger partial charge in [0.1, 0.15) is 0 Å². The van der Waals surface area contributed by atoms with Gasteiger partial charge in [0.2, 0.25) is 0 Å². The van der Waals surface area contributed by atoms with Crippen LogP contribution in [-0.2, 0) is 0 Å². The van der Waals surface area contributed by atoms with Gasteiger partial charge in [0.15, 0.2) is 0 Å². The second kappa shape index (κ2) is 11.0. The molecular formula is C20H33FGe. The van der Waals surface area contributed by atoms with E-state index in [0.717, 1.165) is 5.56 Å². The van der Waals surface area contributed by atoms with Crippen LogP contribution in [0.15, 0.2) is 29.2 Å². The van der Waals surface area contributed by atoms with E-state index >= 15 is 0 Å². The number of unbranched alkanes of at least 4 members (excludes halogenated alkanes) is 3. The van der Waals surface area contributed by atoms with Crippen LogP contribution in [0.1, 0.15) is 64.9 Å². The zero-order valence-electron chi connectivity index (χ0n) is 14.7. The number of hydrogen-bond acceptors (Lipinski definition) is 0. The number of rotatable bonds is 11. The molecule has 2 heteroatoms. The first-order valence-corrected chi connectivity index (χ1v) is 14.8. The average molecular weight is 365 g/mol. The van der Waals surface area contributed by atoms with E-state index in [-0.39, 0.29) is 5.82 Å². The minimum atomic E-state index is -1.91. The summed E-state index contributed by atoms with van der Waals surface area (Å²) in [5, 5.41) is 4.40. The van der Waals surface area contributed by atoms with Crippen molar-refractivity contribution < 1.29 is 4.39 Å². The summed E-state index contributed by atoms with van der Waals surface area (Å²) in [5.74, 6) is -0.145. The fourth-order valence-corrected chi connectivity index (χ4v) is 13.5. The zero-order chi connectivity index (χ0) is 16.3. The average Bonchev–Trinajstić information content (AvgIpc) is 2.55. The van der Waals surface area contributed by atoms with Gasteiger partial charge in [-0.1, -0.05) is 0 Å². The predicted molar refractivity (Wildman–Crippen MR) is 100 cm³/mol. The molecule has 1 rings (SSSR count). The summed E-state index contributed by atoms with van der Waals surface area (Å²) < 4.78 is 13.0. The van der Waals surface area contributed by atoms with E-state index in [1.54, 1.807) is 12.1 Å². The first-order valence-electron chi connectivity index (χ1n) is 9.10. The molecule has 0 amide bonds. The fraction of sp³-hybridized carbons (Fsp3) is 0.600. The molecule has 0 bridgehead atoms. The normalized spacial score (nSPS) is 12.2. The van der Waals surface area contributed by atoms with Gasteiger partial charge in [0.05, 0.1) is 0 Å². The van der Waals surface area contributed by atoms with Crippen molar-refractivity contribution in [2.24, 2.45) is 0 Å². The third kappa shape index (κ3) is 7.13. The van der Waals surface area contributed by atoms with Crippen LogP contribution >= 0.6 is 0 Å². The van der Waals surface area contributed by atoms with Gasteiger partial charge in [-0.15, -0.1) is 0 Å². The molecule has 0 saturated heterocycles. The summed E-state index contributed by atoms with van der Waals surface area (Å²) >= 11 is -1.91. The molecule has 1 aromatic carbocycles. The van der Waals surface area contributed by atoms with Gasteiger partial charge < -0.3 is 0 Å². The molecule has 0 aliphatic carbocycles. The molecule has 0 heterocycles. The van der Waals surface area contributed by atoms with Crippen LogP contribution in [-0.4, -0.2) is 13.3 Å². The Kier molecular flexibility index (Phi) is 9.78. The van der Waals surface area contributed by atoms with Crippen molar-refractivity contribution in [3.8, 4) is 0 Å². The van der Waals surface area contributed by atoms with E-state index in [4.69, 9.17) is 0 Å². The van der Waals surface area contributed by atoms with Gasteiger partial charge in [-0.25, -0.2) is 0 Å². The molecule has 0 aliphatic rings. The first kappa shape index (κ1) is 19.5. The van der Waals surface area contributed by atoms with Crippen molar-refractivity contribution in [3.63, 3.8) is 0 Å². The molecule has 0 radical (unpaired) electrons. The third-order valence-electron chi connectivity index (χ3n) is 4.58. The summed E-state index contributed by atoms with van der Waals surface area (Å²) in [6.07, 6.45) is 10.3. The molecule has 0 N–H and O–H groups in total. The zero-order valence-corrected chi connectivity index (χ0v) is 16.8. The van der Waals surface area contributed by atoms with E-state index in [1.807, 2.05) is 12.1 Å². The molecule has 1 aromatic rings. The molecule has 0 saturated carbocycles. The Bertz CT molecular complexity index is 400. The summed E-state index contributed by atoms with van der Waals surface area (Å²) in [6.45, 7) is 6.91. The molecule has 0 spiro atoms. The van der Waals surface area contributed by atoms with Gasteiger partial charge in [-0.2, -0.15) is 0 Å². The van der Waals surface area contributed by atoms with Crippen molar-refractivity contribution >= 4 is 19.3 Å². The van der Waals surface area contributed by atoms with Crippen LogP contribution in [0.4, 0.5) is 4.39 Å². The minimum absolute atomic E-state index is 0.145. The van der Waals surface area contributed by atoms with Crippen molar-refractivity contribution in [1.29, 1.82) is 0 Å². The first-order chi connectivity index (χ1) is 10.7. The topological polar surface area (TPSA) is 0 Å². The molecule has 0 atom stereocenters. The Hall–Kier alpha value is -0.567. The van der Waals surface area contributed by atoms with Gasteiger partial charge in [-0.05, 0) is 0 Å². The summed E-state index contributed by atoms with van der Waals surface area (Å²) in [5.41, 5.74) is 1.15. The van der Waals surface area contributed by atoms with E-state index in [9.17, 15) is 4.39 Å². The van der Waals surface area contributed by atoms with Gasteiger partial charge in [-0.3, -0.25) is 0 Å². The third-order valence-corrected chi connectivity index (χ3v) is 14.9. The van der Waals surface area contributed by atoms with Crippen LogP contribution in [0, 0.1) is 5.82 Å². The SMILES string of the molecule is CCC[CH2][Ge](/[CH]=C\c1ccc(F)cc1)([CH2]CCC)[CH2]CCC. The molecule has 0 unspecified atom stereocenters. The van der Waals surface area contributed by atoms with E-state index in [1.165, 1.54) is 54.3 Å². The molecule has 0 nitrogen and oxygen atoms in total. The van der Waals surface area contributed by atoms with Crippen LogP contribution in [0.2, 0.25) is 15.8 Å². The monoisotopic (exact) mass is 366 g/mol. The Balaban J connectivity index is 2.90. The van der Waals surface area contributed by atoms with Crippen molar-refractivity contribution in [3.05, 3.63) is 40.6 Å². The van der Waals surface area contributed by atoms with Gasteiger partial charge in [0.25, 0.3) is 0 Å². The quantitative estimate of drug-likeness (QED) is 0.363. The van der Waals surface area contributed by atoms with Crippen molar-refractivity contribution in [2.45, 2.75) is 75.1 Å². The number of halogens is 1. The molecule has 0 aliphatic heterocycles. The standard InChI is InChI=1S/C20H33FGe/c1-4-7-15-22(16-8-5-2,17-9-6-3)18-14-19-10-12-20(21)13-11-19/h10-14,18H,4-9,15-17H2,1-3H3/b18-14-. The van der Waals surface area contributed by atoms with Crippen molar-refractivity contribution in [1.82, 2.24) is 0 Å². The Labute approximate surface area is 139 Å². The molecular weight excluding hydrogens is 332 g/mol. The molecule has 22 heavy (non-hydrogen) atoms. The van der Waals surface area contributed by atoms with Crippen LogP contribution in [0.3, 0.4) is 0 Å². The second-order valence-corrected chi connectivity index (χ2v) is 16.1. The Morgan fingerprint density at radius 3 is 1.68 bits per heavy atom. The van der Waals surface area contributed by atoms with E-state index in [0.29, 0.717) is 0 Å². The van der Waals surface area contributed by atoms with Crippen molar-refractivity contribution in [2.75, 3.05) is 0 Å². The van der Waals surface area contributed by atoms with Crippen LogP contribution in [0.5, 0.6) is 0 Å². The Morgan fingerprint density at radius 2 is 1.27 bits per heavy atom. The Morgan fingerprint density at radius 1 is 0.818 bits per heavy atom. The molecule has 124 valence electrons. The maximum atomic E-state index is 13.0. The van der Waals surface area contributed by atoms with E-state index < -0.39 is 13.3 Å². The molecule has 0 fully saturated rings. The van der Waals surface area contributed by atoms with Gasteiger partial charge >= 0.3 is 139 Å². The van der Waals surface area contributed by atoms with Crippen LogP contribution in [0.25, 0.3) is 6.08 Å². The number of hydrogen-bond donors (Lipinski definition) is 0. The summed E-state index contributed by atoms with van der Waals surface area (Å²) in [7, 11) is 0. The van der Waals surface area contributed by atoms with Gasteiger partial charge in [0, 0.05) is 0 Å². The predicted octanol–water partition coefficient (Wildman–Crippen LogP) is 7.23. The second-order valence-electron chi connectivity index (χ2n) is 6.56. The number of benzene rings is 1. The summed E-state index contributed by atoms with van der Waals surface area (Å²) in [4.78, 5) is 2.62. The molecule has 0 aromatic heterocycles. The van der Waals surface area contributed by atoms with Crippen LogP contribution < -0.4 is 0 Å². The van der Waals surface area contributed by atoms with E-state index in [2.05, 4.69) is 31.8 Å². The maximum absolute atomic E-state index is 13.0. The fourth-order valence-electron chi connectivity index (χ4n) is 3.06.